The molecular weight excluding hydrogens is 162 g/mol. The van der Waals surface area contributed by atoms with Crippen molar-refractivity contribution in [3.05, 3.63) is 29.1 Å². The van der Waals surface area contributed by atoms with Crippen LogP contribution in [-0.4, -0.2) is 4.98 Å². The minimum atomic E-state index is -2.54. The quantitative estimate of drug-likeness (QED) is 0.738. The van der Waals surface area contributed by atoms with Gasteiger partial charge in [0.15, 0.2) is 0 Å². The van der Waals surface area contributed by atoms with Crippen molar-refractivity contribution in [1.29, 1.82) is 0 Å². The Morgan fingerprint density at radius 1 is 1.50 bits per heavy atom. The van der Waals surface area contributed by atoms with Crippen molar-refractivity contribution < 1.29 is 8.78 Å². The number of nitrogens with two attached hydrogens (primary N) is 1. The zero-order valence-electron chi connectivity index (χ0n) is 6.72. The van der Waals surface area contributed by atoms with Gasteiger partial charge in [0.25, 0.3) is 6.43 Å². The molecule has 1 heterocycles. The monoisotopic (exact) mass is 172 g/mol. The summed E-state index contributed by atoms with van der Waals surface area (Å²) in [5.74, 6) is 0. The van der Waals surface area contributed by atoms with Crippen LogP contribution in [0.15, 0.2) is 12.1 Å². The number of aryl methyl sites for hydroxylation is 1. The van der Waals surface area contributed by atoms with Crippen LogP contribution in [0.4, 0.5) is 8.78 Å². The third-order valence-corrected chi connectivity index (χ3v) is 1.58. The number of halogens is 2. The highest BCUT2D eigenvalue weighted by Crippen LogP contribution is 2.20. The molecule has 66 valence electrons. The molecule has 0 spiro atoms. The highest BCUT2D eigenvalue weighted by atomic mass is 19.3. The predicted octanol–water partition coefficient (Wildman–Crippen LogP) is 1.79. The Morgan fingerprint density at radius 2 is 2.17 bits per heavy atom. The highest BCUT2D eigenvalue weighted by molar-refractivity contribution is 5.23. The second-order valence-corrected chi connectivity index (χ2v) is 2.50. The first kappa shape index (κ1) is 9.06. The summed E-state index contributed by atoms with van der Waals surface area (Å²) in [7, 11) is 0. The summed E-state index contributed by atoms with van der Waals surface area (Å²) in [5.41, 5.74) is 6.07. The third-order valence-electron chi connectivity index (χ3n) is 1.58. The zero-order chi connectivity index (χ0) is 9.14. The molecule has 0 radical (unpaired) electrons. The van der Waals surface area contributed by atoms with Gasteiger partial charge >= 0.3 is 0 Å². The molecular formula is C8H10F2N2. The minimum absolute atomic E-state index is 0.104. The van der Waals surface area contributed by atoms with Gasteiger partial charge in [0.1, 0.15) is 5.69 Å². The van der Waals surface area contributed by atoms with Crippen molar-refractivity contribution in [1.82, 2.24) is 4.98 Å². The summed E-state index contributed by atoms with van der Waals surface area (Å²) in [6.07, 6.45) is -2.54. The van der Waals surface area contributed by atoms with Crippen LogP contribution in [-0.2, 0) is 6.54 Å². The first-order chi connectivity index (χ1) is 5.65. The van der Waals surface area contributed by atoms with Crippen LogP contribution in [0.2, 0.25) is 0 Å². The number of aromatic nitrogens is 1. The molecule has 0 fully saturated rings. The maximum Gasteiger partial charge on any atom is 0.280 e. The van der Waals surface area contributed by atoms with E-state index in [9.17, 15) is 8.78 Å². The fourth-order valence-corrected chi connectivity index (χ4v) is 0.967. The molecule has 0 aromatic carbocycles. The maximum atomic E-state index is 12.3. The van der Waals surface area contributed by atoms with Gasteiger partial charge in [-0.2, -0.15) is 0 Å². The van der Waals surface area contributed by atoms with Gasteiger partial charge in [-0.15, -0.1) is 0 Å². The smallest absolute Gasteiger partial charge is 0.280 e. The van der Waals surface area contributed by atoms with Crippen molar-refractivity contribution in [2.45, 2.75) is 19.9 Å². The van der Waals surface area contributed by atoms with Crippen molar-refractivity contribution in [3.8, 4) is 0 Å². The molecule has 1 aromatic rings. The van der Waals surface area contributed by atoms with E-state index in [2.05, 4.69) is 4.98 Å². The topological polar surface area (TPSA) is 38.9 Å². The molecule has 0 saturated carbocycles. The Morgan fingerprint density at radius 3 is 2.67 bits per heavy atom. The second-order valence-electron chi connectivity index (χ2n) is 2.50. The van der Waals surface area contributed by atoms with Gasteiger partial charge in [0.05, 0.1) is 0 Å². The molecule has 0 aliphatic heterocycles. The fraction of sp³-hybridized carbons (Fsp3) is 0.375. The number of pyridine rings is 1. The lowest BCUT2D eigenvalue weighted by atomic mass is 10.2. The van der Waals surface area contributed by atoms with Gasteiger partial charge in [0, 0.05) is 12.2 Å². The summed E-state index contributed by atoms with van der Waals surface area (Å²) in [6.45, 7) is 1.78. The van der Waals surface area contributed by atoms with E-state index in [4.69, 9.17) is 5.73 Å². The van der Waals surface area contributed by atoms with Crippen LogP contribution < -0.4 is 5.73 Å². The predicted molar refractivity (Wildman–Crippen MR) is 41.8 cm³/mol. The Balaban J connectivity index is 3.12. The van der Waals surface area contributed by atoms with Crippen LogP contribution >= 0.6 is 0 Å². The maximum absolute atomic E-state index is 12.3. The van der Waals surface area contributed by atoms with Crippen LogP contribution in [0.5, 0.6) is 0 Å². The number of hydrogen-bond donors (Lipinski definition) is 1. The Hall–Kier alpha value is -1.03. The van der Waals surface area contributed by atoms with Crippen LogP contribution in [0, 0.1) is 6.92 Å². The molecule has 1 rings (SSSR count). The molecule has 4 heteroatoms. The van der Waals surface area contributed by atoms with E-state index in [0.717, 1.165) is 0 Å². The number of alkyl halides is 2. The minimum Gasteiger partial charge on any atom is -0.326 e. The van der Waals surface area contributed by atoms with Gasteiger partial charge in [0.2, 0.25) is 0 Å². The third kappa shape index (κ3) is 1.76. The summed E-state index contributed by atoms with van der Waals surface area (Å²) in [4.78, 5) is 3.71. The molecule has 2 nitrogen and oxygen atoms in total. The van der Waals surface area contributed by atoms with E-state index in [1.807, 2.05) is 0 Å². The standard InChI is InChI=1S/C8H10F2N2/c1-5-2-3-6(4-11)7(12-5)8(9)10/h2-3,8H,4,11H2,1H3. The lowest BCUT2D eigenvalue weighted by Crippen LogP contribution is -2.04. The number of nitrogens with zero attached hydrogens (tertiary/aromatic N) is 1. The summed E-state index contributed by atoms with van der Waals surface area (Å²) in [6, 6.07) is 3.26. The van der Waals surface area contributed by atoms with Crippen LogP contribution in [0.3, 0.4) is 0 Å². The van der Waals surface area contributed by atoms with Gasteiger partial charge in [-0.05, 0) is 18.6 Å². The van der Waals surface area contributed by atoms with Crippen molar-refractivity contribution in [2.24, 2.45) is 5.73 Å². The van der Waals surface area contributed by atoms with Gasteiger partial charge in [-0.3, -0.25) is 4.98 Å². The SMILES string of the molecule is Cc1ccc(CN)c(C(F)F)n1. The molecule has 0 bridgehead atoms. The molecule has 0 amide bonds. The molecule has 0 unspecified atom stereocenters. The largest absolute Gasteiger partial charge is 0.326 e. The second kappa shape index (κ2) is 3.58. The van der Waals surface area contributed by atoms with Crippen molar-refractivity contribution in [3.63, 3.8) is 0 Å². The summed E-state index contributed by atoms with van der Waals surface area (Å²) >= 11 is 0. The van der Waals surface area contributed by atoms with E-state index in [1.54, 1.807) is 19.1 Å². The molecule has 0 aliphatic rings. The molecule has 0 aliphatic carbocycles. The van der Waals surface area contributed by atoms with E-state index in [0.29, 0.717) is 11.3 Å². The van der Waals surface area contributed by atoms with Crippen LogP contribution in [0.25, 0.3) is 0 Å². The molecule has 1 aromatic heterocycles. The lowest BCUT2D eigenvalue weighted by molar-refractivity contribution is 0.144. The van der Waals surface area contributed by atoms with E-state index < -0.39 is 6.43 Å². The summed E-state index contributed by atoms with van der Waals surface area (Å²) < 4.78 is 24.6. The average Bonchev–Trinajstić information content (AvgIpc) is 2.04. The van der Waals surface area contributed by atoms with Crippen LogP contribution in [0.1, 0.15) is 23.4 Å². The molecule has 2 N–H and O–H groups in total. The fourth-order valence-electron chi connectivity index (χ4n) is 0.967. The molecule has 0 atom stereocenters. The van der Waals surface area contributed by atoms with E-state index >= 15 is 0 Å². The molecule has 12 heavy (non-hydrogen) atoms. The Kier molecular flexibility index (Phi) is 2.70. The van der Waals surface area contributed by atoms with E-state index in [1.165, 1.54) is 0 Å². The van der Waals surface area contributed by atoms with Crippen molar-refractivity contribution >= 4 is 0 Å². The Labute approximate surface area is 69.4 Å². The van der Waals surface area contributed by atoms with E-state index in [-0.39, 0.29) is 12.2 Å². The normalized spacial score (nSPS) is 10.8. The van der Waals surface area contributed by atoms with Gasteiger partial charge in [-0.25, -0.2) is 8.78 Å². The first-order valence-corrected chi connectivity index (χ1v) is 3.59. The highest BCUT2D eigenvalue weighted by Gasteiger charge is 2.13. The number of hydrogen-bond acceptors (Lipinski definition) is 2. The van der Waals surface area contributed by atoms with Crippen molar-refractivity contribution in [2.75, 3.05) is 0 Å². The zero-order valence-corrected chi connectivity index (χ0v) is 6.72. The lowest BCUT2D eigenvalue weighted by Gasteiger charge is -2.05. The first-order valence-electron chi connectivity index (χ1n) is 3.59. The average molecular weight is 172 g/mol. The van der Waals surface area contributed by atoms with Gasteiger partial charge in [-0.1, -0.05) is 6.07 Å². The summed E-state index contributed by atoms with van der Waals surface area (Å²) in [5, 5.41) is 0. The molecule has 0 saturated heterocycles. The number of rotatable bonds is 2. The van der Waals surface area contributed by atoms with Gasteiger partial charge < -0.3 is 5.73 Å². The Bertz CT molecular complexity index is 274.